The number of rotatable bonds is 6. The number of nitrogens with zero attached hydrogens (tertiary/aromatic N) is 1. The average molecular weight is 240 g/mol. The summed E-state index contributed by atoms with van der Waals surface area (Å²) in [6.07, 6.45) is 0.892. The zero-order valence-corrected chi connectivity index (χ0v) is 10.7. The highest BCUT2D eigenvalue weighted by molar-refractivity contribution is 5.37. The van der Waals surface area contributed by atoms with Gasteiger partial charge in [-0.25, -0.2) is 4.39 Å². The van der Waals surface area contributed by atoms with E-state index in [1.165, 1.54) is 12.1 Å². The van der Waals surface area contributed by atoms with Crippen LogP contribution in [-0.2, 0) is 0 Å². The fraction of sp³-hybridized carbons (Fsp3) is 0.538. The van der Waals surface area contributed by atoms with Gasteiger partial charge in [-0.05, 0) is 51.8 Å². The largest absolute Gasteiger partial charge is 0.496 e. The Kier molecular flexibility index (Phi) is 5.38. The second-order valence-electron chi connectivity index (χ2n) is 4.41. The van der Waals surface area contributed by atoms with Crippen molar-refractivity contribution >= 4 is 0 Å². The molecule has 96 valence electrons. The van der Waals surface area contributed by atoms with E-state index in [2.05, 4.69) is 4.90 Å². The number of methoxy groups -OCH3 is 1. The van der Waals surface area contributed by atoms with E-state index in [9.17, 15) is 4.39 Å². The van der Waals surface area contributed by atoms with Gasteiger partial charge in [-0.3, -0.25) is 0 Å². The number of nitrogens with two attached hydrogens (primary N) is 1. The molecular formula is C13H21FN2O. The molecule has 0 fully saturated rings. The fourth-order valence-electron chi connectivity index (χ4n) is 1.84. The lowest BCUT2D eigenvalue weighted by Gasteiger charge is -2.20. The zero-order chi connectivity index (χ0) is 12.8. The molecule has 4 heteroatoms. The van der Waals surface area contributed by atoms with Gasteiger partial charge in [0.2, 0.25) is 0 Å². The van der Waals surface area contributed by atoms with Gasteiger partial charge in [-0.15, -0.1) is 0 Å². The molecule has 17 heavy (non-hydrogen) atoms. The van der Waals surface area contributed by atoms with Crippen molar-refractivity contribution in [2.75, 3.05) is 34.3 Å². The highest BCUT2D eigenvalue weighted by Gasteiger charge is 2.15. The molecule has 0 saturated carbocycles. The van der Waals surface area contributed by atoms with E-state index in [-0.39, 0.29) is 11.7 Å². The van der Waals surface area contributed by atoms with E-state index < -0.39 is 0 Å². The molecule has 0 saturated heterocycles. The van der Waals surface area contributed by atoms with Crippen LogP contribution in [0.1, 0.15) is 17.9 Å². The summed E-state index contributed by atoms with van der Waals surface area (Å²) in [4.78, 5) is 2.09. The molecule has 1 aromatic rings. The smallest absolute Gasteiger partial charge is 0.123 e. The third-order valence-electron chi connectivity index (χ3n) is 2.84. The van der Waals surface area contributed by atoms with Crippen LogP contribution in [0.2, 0.25) is 0 Å². The van der Waals surface area contributed by atoms with Crippen LogP contribution in [0.3, 0.4) is 0 Å². The van der Waals surface area contributed by atoms with Gasteiger partial charge in [0, 0.05) is 11.5 Å². The van der Waals surface area contributed by atoms with Crippen LogP contribution in [0.25, 0.3) is 0 Å². The molecule has 0 radical (unpaired) electrons. The summed E-state index contributed by atoms with van der Waals surface area (Å²) in [7, 11) is 5.61. The highest BCUT2D eigenvalue weighted by atomic mass is 19.1. The van der Waals surface area contributed by atoms with E-state index >= 15 is 0 Å². The predicted octanol–water partition coefficient (Wildman–Crippen LogP) is 1.83. The monoisotopic (exact) mass is 240 g/mol. The third kappa shape index (κ3) is 3.98. The molecule has 0 spiro atoms. The van der Waals surface area contributed by atoms with Crippen LogP contribution in [0.15, 0.2) is 18.2 Å². The van der Waals surface area contributed by atoms with Crippen LogP contribution >= 0.6 is 0 Å². The van der Waals surface area contributed by atoms with Gasteiger partial charge in [-0.2, -0.15) is 0 Å². The summed E-state index contributed by atoms with van der Waals surface area (Å²) >= 11 is 0. The van der Waals surface area contributed by atoms with E-state index in [4.69, 9.17) is 10.5 Å². The van der Waals surface area contributed by atoms with Crippen molar-refractivity contribution in [2.24, 2.45) is 5.73 Å². The second kappa shape index (κ2) is 6.57. The molecule has 0 amide bonds. The molecule has 1 aromatic carbocycles. The minimum Gasteiger partial charge on any atom is -0.496 e. The molecule has 0 aliphatic carbocycles. The van der Waals surface area contributed by atoms with Gasteiger partial charge in [0.05, 0.1) is 7.11 Å². The van der Waals surface area contributed by atoms with E-state index in [1.807, 2.05) is 14.1 Å². The van der Waals surface area contributed by atoms with E-state index in [0.29, 0.717) is 12.3 Å². The summed E-state index contributed by atoms with van der Waals surface area (Å²) in [5.41, 5.74) is 6.63. The molecule has 1 rings (SSSR count). The minimum atomic E-state index is -0.246. The first-order valence-corrected chi connectivity index (χ1v) is 5.76. The van der Waals surface area contributed by atoms with Gasteiger partial charge in [0.1, 0.15) is 11.6 Å². The fourth-order valence-corrected chi connectivity index (χ4v) is 1.84. The van der Waals surface area contributed by atoms with Gasteiger partial charge in [-0.1, -0.05) is 0 Å². The third-order valence-corrected chi connectivity index (χ3v) is 2.84. The molecule has 0 aromatic heterocycles. The summed E-state index contributed by atoms with van der Waals surface area (Å²) < 4.78 is 18.5. The summed E-state index contributed by atoms with van der Waals surface area (Å²) in [6, 6.07) is 4.58. The Bertz CT molecular complexity index is 355. The zero-order valence-electron chi connectivity index (χ0n) is 10.7. The molecule has 1 unspecified atom stereocenters. The Morgan fingerprint density at radius 1 is 1.41 bits per heavy atom. The number of hydrogen-bond acceptors (Lipinski definition) is 3. The Morgan fingerprint density at radius 2 is 2.12 bits per heavy atom. The van der Waals surface area contributed by atoms with Crippen molar-refractivity contribution in [3.8, 4) is 5.75 Å². The standard InChI is InChI=1S/C13H21FN2O/c1-16(2)7-6-10(9-15)12-8-11(14)4-5-13(12)17-3/h4-5,8,10H,6-7,9,15H2,1-3H3. The number of halogens is 1. The van der Waals surface area contributed by atoms with Gasteiger partial charge >= 0.3 is 0 Å². The number of benzene rings is 1. The average Bonchev–Trinajstić information content (AvgIpc) is 2.30. The number of hydrogen-bond donors (Lipinski definition) is 1. The van der Waals surface area contributed by atoms with E-state index in [0.717, 1.165) is 18.5 Å². The van der Waals surface area contributed by atoms with Crippen molar-refractivity contribution in [2.45, 2.75) is 12.3 Å². The van der Waals surface area contributed by atoms with Crippen molar-refractivity contribution in [3.63, 3.8) is 0 Å². The summed E-state index contributed by atoms with van der Waals surface area (Å²) in [6.45, 7) is 1.41. The van der Waals surface area contributed by atoms with Gasteiger partial charge in [0.25, 0.3) is 0 Å². The topological polar surface area (TPSA) is 38.5 Å². The maximum absolute atomic E-state index is 13.3. The maximum Gasteiger partial charge on any atom is 0.123 e. The molecule has 0 aliphatic rings. The first-order valence-electron chi connectivity index (χ1n) is 5.76. The van der Waals surface area contributed by atoms with Crippen LogP contribution in [0, 0.1) is 5.82 Å². The number of ether oxygens (including phenoxy) is 1. The molecule has 0 aliphatic heterocycles. The van der Waals surface area contributed by atoms with Crippen LogP contribution in [-0.4, -0.2) is 39.2 Å². The van der Waals surface area contributed by atoms with Crippen LogP contribution < -0.4 is 10.5 Å². The minimum absolute atomic E-state index is 0.128. The predicted molar refractivity (Wildman–Crippen MR) is 67.9 cm³/mol. The molecule has 0 bridgehead atoms. The Hall–Kier alpha value is -1.13. The normalized spacial score (nSPS) is 12.8. The Balaban J connectivity index is 2.89. The second-order valence-corrected chi connectivity index (χ2v) is 4.41. The van der Waals surface area contributed by atoms with Crippen molar-refractivity contribution in [3.05, 3.63) is 29.6 Å². The molecule has 2 N–H and O–H groups in total. The van der Waals surface area contributed by atoms with Crippen molar-refractivity contribution in [1.82, 2.24) is 4.90 Å². The maximum atomic E-state index is 13.3. The first-order chi connectivity index (χ1) is 8.08. The lowest BCUT2D eigenvalue weighted by Crippen LogP contribution is -2.21. The summed E-state index contributed by atoms with van der Waals surface area (Å²) in [5.74, 6) is 0.591. The van der Waals surface area contributed by atoms with Gasteiger partial charge < -0.3 is 15.4 Å². The summed E-state index contributed by atoms with van der Waals surface area (Å²) in [5, 5.41) is 0. The molecule has 1 atom stereocenters. The highest BCUT2D eigenvalue weighted by Crippen LogP contribution is 2.29. The Morgan fingerprint density at radius 3 is 2.65 bits per heavy atom. The lowest BCUT2D eigenvalue weighted by molar-refractivity contribution is 0.370. The quantitative estimate of drug-likeness (QED) is 0.824. The first kappa shape index (κ1) is 13.9. The van der Waals surface area contributed by atoms with Crippen LogP contribution in [0.4, 0.5) is 4.39 Å². The Labute approximate surface area is 102 Å². The SMILES string of the molecule is COc1ccc(F)cc1C(CN)CCN(C)C. The van der Waals surface area contributed by atoms with Crippen LogP contribution in [0.5, 0.6) is 5.75 Å². The van der Waals surface area contributed by atoms with Crippen molar-refractivity contribution in [1.29, 1.82) is 0 Å². The molecule has 3 nitrogen and oxygen atoms in total. The molecule has 0 heterocycles. The van der Waals surface area contributed by atoms with Crippen molar-refractivity contribution < 1.29 is 9.13 Å². The van der Waals surface area contributed by atoms with Gasteiger partial charge in [0.15, 0.2) is 0 Å². The van der Waals surface area contributed by atoms with E-state index in [1.54, 1.807) is 13.2 Å². The lowest BCUT2D eigenvalue weighted by atomic mass is 9.94. The molecular weight excluding hydrogens is 219 g/mol.